The maximum absolute atomic E-state index is 12.3. The Bertz CT molecular complexity index is 405. The Morgan fingerprint density at radius 3 is 2.00 bits per heavy atom. The first-order chi connectivity index (χ1) is 7.03. The van der Waals surface area contributed by atoms with Gasteiger partial charge in [0.1, 0.15) is 0 Å². The number of nitrogens with zero attached hydrogens (tertiary/aromatic N) is 1. The molecule has 0 atom stereocenters. The van der Waals surface area contributed by atoms with Crippen molar-refractivity contribution in [3.8, 4) is 0 Å². The van der Waals surface area contributed by atoms with Crippen molar-refractivity contribution >= 4 is 17.1 Å². The second-order valence-corrected chi connectivity index (χ2v) is 7.44. The van der Waals surface area contributed by atoms with Crippen molar-refractivity contribution in [1.29, 1.82) is 0 Å². The number of carbonyl (C=O) groups is 1. The van der Waals surface area contributed by atoms with Crippen LogP contribution in [0.5, 0.6) is 0 Å². The topological polar surface area (TPSA) is 30.0 Å². The van der Waals surface area contributed by atoms with E-state index in [-0.39, 0.29) is 16.6 Å². The third kappa shape index (κ3) is 2.70. The van der Waals surface area contributed by atoms with Crippen LogP contribution < -0.4 is 0 Å². The molecular formula is C13H21NOS. The molecule has 0 N–H and O–H groups in total. The molecule has 0 unspecified atom stereocenters. The zero-order valence-electron chi connectivity index (χ0n) is 11.3. The summed E-state index contributed by atoms with van der Waals surface area (Å²) in [5.74, 6) is 0.197. The smallest absolute Gasteiger partial charge is 0.180 e. The van der Waals surface area contributed by atoms with E-state index in [4.69, 9.17) is 0 Å². The second-order valence-electron chi connectivity index (χ2n) is 6.24. The van der Waals surface area contributed by atoms with Gasteiger partial charge in [-0.15, -0.1) is 11.3 Å². The van der Waals surface area contributed by atoms with Gasteiger partial charge in [0.15, 0.2) is 5.78 Å². The molecule has 0 bridgehead atoms. The summed E-state index contributed by atoms with van der Waals surface area (Å²) in [4.78, 5) is 17.7. The lowest BCUT2D eigenvalue weighted by molar-refractivity contribution is 0.0860. The van der Waals surface area contributed by atoms with Crippen molar-refractivity contribution in [2.45, 2.75) is 53.9 Å². The minimum Gasteiger partial charge on any atom is -0.293 e. The third-order valence-corrected chi connectivity index (χ3v) is 3.30. The average Bonchev–Trinajstić information content (AvgIpc) is 2.43. The second kappa shape index (κ2) is 3.95. The van der Waals surface area contributed by atoms with Gasteiger partial charge in [-0.3, -0.25) is 4.79 Å². The zero-order chi connectivity index (χ0) is 12.7. The van der Waals surface area contributed by atoms with Gasteiger partial charge in [0, 0.05) is 10.8 Å². The Balaban J connectivity index is 3.30. The van der Waals surface area contributed by atoms with Gasteiger partial charge >= 0.3 is 0 Å². The molecule has 3 heteroatoms. The summed E-state index contributed by atoms with van der Waals surface area (Å²) < 4.78 is 0. The highest BCUT2D eigenvalue weighted by Crippen LogP contribution is 2.33. The standard InChI is InChI=1S/C13H21NOS/c1-8-14-10(12(2,3)4)9(16-8)11(15)13(5,6)7/h1-7H3. The van der Waals surface area contributed by atoms with Crippen LogP contribution in [0.25, 0.3) is 0 Å². The molecule has 0 saturated carbocycles. The van der Waals surface area contributed by atoms with Crippen LogP contribution in [0.4, 0.5) is 0 Å². The summed E-state index contributed by atoms with van der Waals surface area (Å²) in [6.45, 7) is 14.1. The molecule has 90 valence electrons. The Kier molecular flexibility index (Phi) is 3.30. The molecule has 1 aromatic rings. The predicted octanol–water partition coefficient (Wildman–Crippen LogP) is 3.98. The first-order valence-corrected chi connectivity index (χ1v) is 6.38. The van der Waals surface area contributed by atoms with Crippen LogP contribution in [0.1, 0.15) is 61.9 Å². The van der Waals surface area contributed by atoms with E-state index in [1.807, 2.05) is 27.7 Å². The molecule has 0 radical (unpaired) electrons. The van der Waals surface area contributed by atoms with Gasteiger partial charge in [0.25, 0.3) is 0 Å². The molecule has 0 aliphatic rings. The molecule has 0 fully saturated rings. The zero-order valence-corrected chi connectivity index (χ0v) is 12.1. The van der Waals surface area contributed by atoms with Gasteiger partial charge in [-0.2, -0.15) is 0 Å². The van der Waals surface area contributed by atoms with Gasteiger partial charge in [0.05, 0.1) is 15.6 Å². The van der Waals surface area contributed by atoms with Crippen LogP contribution in [-0.4, -0.2) is 10.8 Å². The molecule has 0 aliphatic carbocycles. The maximum Gasteiger partial charge on any atom is 0.180 e. The Morgan fingerprint density at radius 2 is 1.62 bits per heavy atom. The third-order valence-electron chi connectivity index (χ3n) is 2.33. The largest absolute Gasteiger partial charge is 0.293 e. The van der Waals surface area contributed by atoms with Crippen LogP contribution in [0.3, 0.4) is 0 Å². The van der Waals surface area contributed by atoms with Crippen molar-refractivity contribution in [2.75, 3.05) is 0 Å². The number of aromatic nitrogens is 1. The molecule has 2 nitrogen and oxygen atoms in total. The van der Waals surface area contributed by atoms with Crippen molar-refractivity contribution in [2.24, 2.45) is 5.41 Å². The van der Waals surface area contributed by atoms with E-state index in [9.17, 15) is 4.79 Å². The normalized spacial score (nSPS) is 12.9. The fourth-order valence-corrected chi connectivity index (χ4v) is 2.71. The molecule has 1 rings (SSSR count). The monoisotopic (exact) mass is 239 g/mol. The van der Waals surface area contributed by atoms with Crippen LogP contribution in [0.2, 0.25) is 0 Å². The van der Waals surface area contributed by atoms with E-state index in [1.54, 1.807) is 0 Å². The Morgan fingerprint density at radius 1 is 1.12 bits per heavy atom. The predicted molar refractivity (Wildman–Crippen MR) is 69.3 cm³/mol. The lowest BCUT2D eigenvalue weighted by Crippen LogP contribution is -2.24. The highest BCUT2D eigenvalue weighted by molar-refractivity contribution is 7.13. The van der Waals surface area contributed by atoms with Gasteiger partial charge < -0.3 is 0 Å². The molecule has 1 aromatic heterocycles. The molecule has 16 heavy (non-hydrogen) atoms. The van der Waals surface area contributed by atoms with E-state index in [1.165, 1.54) is 11.3 Å². The van der Waals surface area contributed by atoms with Gasteiger partial charge in [-0.05, 0) is 6.92 Å². The van der Waals surface area contributed by atoms with Crippen molar-refractivity contribution in [3.05, 3.63) is 15.6 Å². The fraction of sp³-hybridized carbons (Fsp3) is 0.692. The van der Waals surface area contributed by atoms with E-state index in [0.29, 0.717) is 0 Å². The van der Waals surface area contributed by atoms with Crippen molar-refractivity contribution < 1.29 is 4.79 Å². The van der Waals surface area contributed by atoms with E-state index < -0.39 is 0 Å². The number of hydrogen-bond acceptors (Lipinski definition) is 3. The maximum atomic E-state index is 12.3. The van der Waals surface area contributed by atoms with Gasteiger partial charge in [-0.1, -0.05) is 41.5 Å². The van der Waals surface area contributed by atoms with Crippen molar-refractivity contribution in [3.63, 3.8) is 0 Å². The molecule has 0 aromatic carbocycles. The van der Waals surface area contributed by atoms with E-state index >= 15 is 0 Å². The molecule has 1 heterocycles. The first kappa shape index (κ1) is 13.4. The fourth-order valence-electron chi connectivity index (χ4n) is 1.43. The Hall–Kier alpha value is -0.700. The Labute approximate surface area is 102 Å². The summed E-state index contributed by atoms with van der Waals surface area (Å²) in [6.07, 6.45) is 0. The summed E-state index contributed by atoms with van der Waals surface area (Å²) in [6, 6.07) is 0. The number of carbonyl (C=O) groups excluding carboxylic acids is 1. The van der Waals surface area contributed by atoms with E-state index in [2.05, 4.69) is 25.8 Å². The lowest BCUT2D eigenvalue weighted by Gasteiger charge is -2.21. The van der Waals surface area contributed by atoms with Crippen molar-refractivity contribution in [1.82, 2.24) is 4.98 Å². The number of aryl methyl sites for hydroxylation is 1. The first-order valence-electron chi connectivity index (χ1n) is 5.56. The van der Waals surface area contributed by atoms with Gasteiger partial charge in [-0.25, -0.2) is 4.98 Å². The highest BCUT2D eigenvalue weighted by atomic mass is 32.1. The molecular weight excluding hydrogens is 218 g/mol. The molecule has 0 amide bonds. The SMILES string of the molecule is Cc1nc(C(C)(C)C)c(C(=O)C(C)(C)C)s1. The number of hydrogen-bond donors (Lipinski definition) is 0. The van der Waals surface area contributed by atoms with E-state index in [0.717, 1.165) is 15.6 Å². The minimum absolute atomic E-state index is 0.0684. The molecule has 0 spiro atoms. The number of rotatable bonds is 1. The van der Waals surface area contributed by atoms with Gasteiger partial charge in [0.2, 0.25) is 0 Å². The van der Waals surface area contributed by atoms with Crippen LogP contribution >= 0.6 is 11.3 Å². The quantitative estimate of drug-likeness (QED) is 0.694. The molecule has 0 saturated heterocycles. The number of Topliss-reactive ketones (excluding diaryl/α,β-unsaturated/α-hetero) is 1. The van der Waals surface area contributed by atoms with Crippen LogP contribution in [0.15, 0.2) is 0 Å². The summed E-state index contributed by atoms with van der Waals surface area (Å²) in [5.41, 5.74) is 0.537. The summed E-state index contributed by atoms with van der Waals surface area (Å²) in [5, 5.41) is 0.970. The summed E-state index contributed by atoms with van der Waals surface area (Å²) in [7, 11) is 0. The van der Waals surface area contributed by atoms with Crippen LogP contribution in [0, 0.1) is 12.3 Å². The van der Waals surface area contributed by atoms with Crippen LogP contribution in [-0.2, 0) is 5.41 Å². The highest BCUT2D eigenvalue weighted by Gasteiger charge is 2.31. The number of ketones is 1. The minimum atomic E-state index is -0.334. The molecule has 0 aliphatic heterocycles. The average molecular weight is 239 g/mol. The summed E-state index contributed by atoms with van der Waals surface area (Å²) >= 11 is 1.52. The number of thiazole rings is 1. The lowest BCUT2D eigenvalue weighted by atomic mass is 9.84.